The standard InChI is InChI=1S/C14H21N3O2/c1-14(2,3)17-13(15)16-11(12(18)19-4)10-8-6-5-7-9-10/h5-9,11H,1-4H3,(H3,15,16,17). The first kappa shape index (κ1) is 15.0. The van der Waals surface area contributed by atoms with Crippen LogP contribution in [0.15, 0.2) is 35.3 Å². The highest BCUT2D eigenvalue weighted by molar-refractivity contribution is 5.84. The van der Waals surface area contributed by atoms with Crippen LogP contribution >= 0.6 is 0 Å². The number of esters is 1. The van der Waals surface area contributed by atoms with Gasteiger partial charge in [-0.15, -0.1) is 0 Å². The van der Waals surface area contributed by atoms with Gasteiger partial charge in [0.05, 0.1) is 7.11 Å². The van der Waals surface area contributed by atoms with Crippen LogP contribution in [0, 0.1) is 0 Å². The second-order valence-electron chi connectivity index (χ2n) is 5.23. The van der Waals surface area contributed by atoms with E-state index in [1.165, 1.54) is 7.11 Å². The zero-order chi connectivity index (χ0) is 14.5. The zero-order valence-electron chi connectivity index (χ0n) is 11.8. The van der Waals surface area contributed by atoms with E-state index in [0.717, 1.165) is 5.56 Å². The predicted molar refractivity (Wildman–Crippen MR) is 75.7 cm³/mol. The van der Waals surface area contributed by atoms with E-state index in [-0.39, 0.29) is 11.5 Å². The number of rotatable bonds is 3. The van der Waals surface area contributed by atoms with Gasteiger partial charge < -0.3 is 15.8 Å². The van der Waals surface area contributed by atoms with Crippen molar-refractivity contribution in [1.29, 1.82) is 0 Å². The van der Waals surface area contributed by atoms with E-state index in [4.69, 9.17) is 10.5 Å². The fraction of sp³-hybridized carbons (Fsp3) is 0.429. The molecule has 0 fully saturated rings. The molecule has 0 radical (unpaired) electrons. The molecule has 0 aliphatic rings. The number of aliphatic imine (C=N–C) groups is 1. The number of carbonyl (C=O) groups is 1. The minimum absolute atomic E-state index is 0.215. The Balaban J connectivity index is 3.00. The summed E-state index contributed by atoms with van der Waals surface area (Å²) in [6.07, 6.45) is 0. The Kier molecular flexibility index (Phi) is 4.92. The smallest absolute Gasteiger partial charge is 0.335 e. The molecular weight excluding hydrogens is 242 g/mol. The normalized spacial score (nSPS) is 13.8. The van der Waals surface area contributed by atoms with Gasteiger partial charge in [-0.25, -0.2) is 9.79 Å². The maximum Gasteiger partial charge on any atom is 0.335 e. The molecule has 0 aliphatic heterocycles. The summed E-state index contributed by atoms with van der Waals surface area (Å²) in [4.78, 5) is 16.0. The van der Waals surface area contributed by atoms with E-state index < -0.39 is 12.0 Å². The summed E-state index contributed by atoms with van der Waals surface area (Å²) in [5, 5.41) is 3.02. The van der Waals surface area contributed by atoms with E-state index in [1.54, 1.807) is 0 Å². The van der Waals surface area contributed by atoms with E-state index in [0.29, 0.717) is 0 Å². The van der Waals surface area contributed by atoms with Gasteiger partial charge in [0.15, 0.2) is 12.0 Å². The van der Waals surface area contributed by atoms with Gasteiger partial charge >= 0.3 is 5.97 Å². The number of methoxy groups -OCH3 is 1. The second-order valence-corrected chi connectivity index (χ2v) is 5.23. The Labute approximate surface area is 113 Å². The number of nitrogens with one attached hydrogen (secondary N) is 1. The number of benzene rings is 1. The molecule has 1 atom stereocenters. The molecule has 5 nitrogen and oxygen atoms in total. The number of nitrogens with zero attached hydrogens (tertiary/aromatic N) is 1. The van der Waals surface area contributed by atoms with Crippen molar-refractivity contribution < 1.29 is 9.53 Å². The minimum Gasteiger partial charge on any atom is -0.467 e. The fourth-order valence-corrected chi connectivity index (χ4v) is 1.57. The van der Waals surface area contributed by atoms with E-state index >= 15 is 0 Å². The van der Waals surface area contributed by atoms with Gasteiger partial charge in [-0.05, 0) is 26.3 Å². The van der Waals surface area contributed by atoms with Crippen LogP contribution in [-0.4, -0.2) is 24.6 Å². The highest BCUT2D eigenvalue weighted by Crippen LogP contribution is 2.18. The molecule has 0 spiro atoms. The molecule has 1 aromatic carbocycles. The third-order valence-electron chi connectivity index (χ3n) is 2.31. The molecule has 104 valence electrons. The molecule has 0 aliphatic carbocycles. The summed E-state index contributed by atoms with van der Waals surface area (Å²) >= 11 is 0. The third kappa shape index (κ3) is 4.99. The third-order valence-corrected chi connectivity index (χ3v) is 2.31. The van der Waals surface area contributed by atoms with Gasteiger partial charge in [0.25, 0.3) is 0 Å². The zero-order valence-corrected chi connectivity index (χ0v) is 11.8. The molecule has 0 saturated carbocycles. The number of hydrogen-bond donors (Lipinski definition) is 2. The lowest BCUT2D eigenvalue weighted by atomic mass is 10.1. The molecule has 19 heavy (non-hydrogen) atoms. The lowest BCUT2D eigenvalue weighted by molar-refractivity contribution is -0.142. The van der Waals surface area contributed by atoms with Gasteiger partial charge in [0.2, 0.25) is 0 Å². The highest BCUT2D eigenvalue weighted by Gasteiger charge is 2.21. The van der Waals surface area contributed by atoms with Crippen LogP contribution in [0.25, 0.3) is 0 Å². The van der Waals surface area contributed by atoms with Crippen molar-refractivity contribution in [1.82, 2.24) is 5.32 Å². The lowest BCUT2D eigenvalue weighted by Gasteiger charge is -2.22. The van der Waals surface area contributed by atoms with Crippen molar-refractivity contribution in [2.45, 2.75) is 32.4 Å². The first-order valence-corrected chi connectivity index (χ1v) is 6.08. The molecule has 0 bridgehead atoms. The van der Waals surface area contributed by atoms with Crippen LogP contribution in [0.4, 0.5) is 0 Å². The molecule has 1 aromatic rings. The number of guanidine groups is 1. The number of carbonyl (C=O) groups excluding carboxylic acids is 1. The molecule has 0 heterocycles. The lowest BCUT2D eigenvalue weighted by Crippen LogP contribution is -2.45. The second kappa shape index (κ2) is 6.22. The topological polar surface area (TPSA) is 76.7 Å². The van der Waals surface area contributed by atoms with Gasteiger partial charge in [0.1, 0.15) is 0 Å². The summed E-state index contributed by atoms with van der Waals surface area (Å²) in [7, 11) is 1.33. The van der Waals surface area contributed by atoms with Crippen LogP contribution in [0.2, 0.25) is 0 Å². The summed E-state index contributed by atoms with van der Waals surface area (Å²) in [6.45, 7) is 5.89. The van der Waals surface area contributed by atoms with Crippen molar-refractivity contribution in [3.8, 4) is 0 Å². The highest BCUT2D eigenvalue weighted by atomic mass is 16.5. The summed E-state index contributed by atoms with van der Waals surface area (Å²) < 4.78 is 4.77. The van der Waals surface area contributed by atoms with E-state index in [9.17, 15) is 4.79 Å². The Morgan fingerprint density at radius 1 is 1.32 bits per heavy atom. The largest absolute Gasteiger partial charge is 0.467 e. The van der Waals surface area contributed by atoms with Crippen molar-refractivity contribution in [3.63, 3.8) is 0 Å². The first-order chi connectivity index (χ1) is 8.83. The van der Waals surface area contributed by atoms with Gasteiger partial charge in [-0.1, -0.05) is 30.3 Å². The van der Waals surface area contributed by atoms with Crippen LogP contribution < -0.4 is 11.1 Å². The predicted octanol–water partition coefficient (Wildman–Crippen LogP) is 1.60. The molecule has 0 saturated heterocycles. The molecule has 0 amide bonds. The Hall–Kier alpha value is -2.04. The summed E-state index contributed by atoms with van der Waals surface area (Å²) in [6, 6.07) is 8.44. The summed E-state index contributed by atoms with van der Waals surface area (Å²) in [5.74, 6) is -0.225. The quantitative estimate of drug-likeness (QED) is 0.493. The number of ether oxygens (including phenoxy) is 1. The average Bonchev–Trinajstić information content (AvgIpc) is 2.34. The molecule has 3 N–H and O–H groups in total. The first-order valence-electron chi connectivity index (χ1n) is 6.08. The van der Waals surface area contributed by atoms with Crippen LogP contribution in [-0.2, 0) is 9.53 Å². The minimum atomic E-state index is -0.749. The van der Waals surface area contributed by atoms with Gasteiger partial charge in [-0.3, -0.25) is 0 Å². The molecular formula is C14H21N3O2. The summed E-state index contributed by atoms with van der Waals surface area (Å²) in [5.41, 5.74) is 6.35. The van der Waals surface area contributed by atoms with Crippen LogP contribution in [0.1, 0.15) is 32.4 Å². The van der Waals surface area contributed by atoms with Crippen molar-refractivity contribution in [2.24, 2.45) is 10.7 Å². The molecule has 1 unspecified atom stereocenters. The van der Waals surface area contributed by atoms with Gasteiger partial charge in [-0.2, -0.15) is 0 Å². The van der Waals surface area contributed by atoms with E-state index in [2.05, 4.69) is 10.3 Å². The van der Waals surface area contributed by atoms with Crippen molar-refractivity contribution in [2.75, 3.05) is 7.11 Å². The Morgan fingerprint density at radius 2 is 1.89 bits per heavy atom. The Morgan fingerprint density at radius 3 is 2.37 bits per heavy atom. The van der Waals surface area contributed by atoms with Crippen molar-refractivity contribution in [3.05, 3.63) is 35.9 Å². The monoisotopic (exact) mass is 263 g/mol. The van der Waals surface area contributed by atoms with Gasteiger partial charge in [0, 0.05) is 5.54 Å². The molecule has 5 heteroatoms. The maximum atomic E-state index is 11.8. The SMILES string of the molecule is COC(=O)C(N=C(N)NC(C)(C)C)c1ccccc1. The Bertz CT molecular complexity index is 450. The van der Waals surface area contributed by atoms with Crippen molar-refractivity contribution >= 4 is 11.9 Å². The van der Waals surface area contributed by atoms with E-state index in [1.807, 2.05) is 51.1 Å². The van der Waals surface area contributed by atoms with Crippen LogP contribution in [0.5, 0.6) is 0 Å². The molecule has 1 rings (SSSR count). The average molecular weight is 263 g/mol. The molecule has 0 aromatic heterocycles. The maximum absolute atomic E-state index is 11.8. The number of nitrogens with two attached hydrogens (primary N) is 1. The number of hydrogen-bond acceptors (Lipinski definition) is 3. The van der Waals surface area contributed by atoms with Crippen LogP contribution in [0.3, 0.4) is 0 Å². The fourth-order valence-electron chi connectivity index (χ4n) is 1.57.